The maximum atomic E-state index is 12.4. The lowest BCUT2D eigenvalue weighted by Gasteiger charge is -2.39. The average Bonchev–Trinajstić information content (AvgIpc) is 2.46. The van der Waals surface area contributed by atoms with Crippen molar-refractivity contribution in [2.45, 2.75) is 58.1 Å². The molecule has 2 rings (SSSR count). The zero-order valence-corrected chi connectivity index (χ0v) is 12.4. The third kappa shape index (κ3) is 3.93. The van der Waals surface area contributed by atoms with Crippen LogP contribution in [0.1, 0.15) is 46.0 Å². The standard InChI is InChI=1S/C15H28N2O2/c1-3-8-16-13-7-9-17(11-12(13)2)15(18)14-6-4-5-10-19-14/h12-14,16H,3-11H2,1-2H3. The van der Waals surface area contributed by atoms with E-state index >= 15 is 0 Å². The van der Waals surface area contributed by atoms with E-state index in [0.717, 1.165) is 51.9 Å². The zero-order valence-electron chi connectivity index (χ0n) is 12.4. The Kier molecular flexibility index (Phi) is 5.64. The smallest absolute Gasteiger partial charge is 0.251 e. The van der Waals surface area contributed by atoms with E-state index in [0.29, 0.717) is 12.0 Å². The largest absolute Gasteiger partial charge is 0.368 e. The molecule has 0 aromatic heterocycles. The van der Waals surface area contributed by atoms with Gasteiger partial charge < -0.3 is 15.0 Å². The second-order valence-electron chi connectivity index (χ2n) is 5.97. The summed E-state index contributed by atoms with van der Waals surface area (Å²) in [5, 5.41) is 3.59. The Labute approximate surface area is 116 Å². The van der Waals surface area contributed by atoms with Gasteiger partial charge in [0.15, 0.2) is 0 Å². The highest BCUT2D eigenvalue weighted by molar-refractivity contribution is 5.81. The fourth-order valence-electron chi connectivity index (χ4n) is 3.12. The molecule has 0 aliphatic carbocycles. The lowest BCUT2D eigenvalue weighted by Crippen LogP contribution is -2.53. The third-order valence-corrected chi connectivity index (χ3v) is 4.33. The van der Waals surface area contributed by atoms with Crippen LogP contribution in [0.4, 0.5) is 0 Å². The first kappa shape index (κ1) is 14.8. The summed E-state index contributed by atoms with van der Waals surface area (Å²) < 4.78 is 5.61. The highest BCUT2D eigenvalue weighted by Gasteiger charge is 2.32. The van der Waals surface area contributed by atoms with Crippen LogP contribution in [0.5, 0.6) is 0 Å². The number of nitrogens with zero attached hydrogens (tertiary/aromatic N) is 1. The first-order valence-electron chi connectivity index (χ1n) is 7.86. The maximum Gasteiger partial charge on any atom is 0.251 e. The van der Waals surface area contributed by atoms with Gasteiger partial charge in [0.05, 0.1) is 0 Å². The molecule has 0 bridgehead atoms. The van der Waals surface area contributed by atoms with E-state index in [2.05, 4.69) is 19.2 Å². The number of carbonyl (C=O) groups excluding carboxylic acids is 1. The van der Waals surface area contributed by atoms with Gasteiger partial charge in [-0.15, -0.1) is 0 Å². The molecule has 0 spiro atoms. The molecule has 2 aliphatic rings. The second kappa shape index (κ2) is 7.25. The van der Waals surface area contributed by atoms with Gasteiger partial charge in [-0.05, 0) is 44.6 Å². The molecule has 3 atom stereocenters. The highest BCUT2D eigenvalue weighted by atomic mass is 16.5. The van der Waals surface area contributed by atoms with Crippen molar-refractivity contribution in [1.29, 1.82) is 0 Å². The van der Waals surface area contributed by atoms with E-state index in [1.54, 1.807) is 0 Å². The van der Waals surface area contributed by atoms with Crippen molar-refractivity contribution in [2.24, 2.45) is 5.92 Å². The minimum absolute atomic E-state index is 0.166. The molecule has 2 heterocycles. The molecule has 2 aliphatic heterocycles. The summed E-state index contributed by atoms with van der Waals surface area (Å²) >= 11 is 0. The van der Waals surface area contributed by atoms with Crippen LogP contribution in [0.2, 0.25) is 0 Å². The fourth-order valence-corrected chi connectivity index (χ4v) is 3.12. The molecular formula is C15H28N2O2. The summed E-state index contributed by atoms with van der Waals surface area (Å²) in [6.45, 7) is 8.02. The van der Waals surface area contributed by atoms with Gasteiger partial charge in [-0.1, -0.05) is 13.8 Å². The van der Waals surface area contributed by atoms with Crippen molar-refractivity contribution in [2.75, 3.05) is 26.2 Å². The Morgan fingerprint density at radius 1 is 1.37 bits per heavy atom. The second-order valence-corrected chi connectivity index (χ2v) is 5.97. The van der Waals surface area contributed by atoms with Crippen LogP contribution >= 0.6 is 0 Å². The number of likely N-dealkylation sites (tertiary alicyclic amines) is 1. The number of nitrogens with one attached hydrogen (secondary N) is 1. The van der Waals surface area contributed by atoms with Crippen LogP contribution in [-0.2, 0) is 9.53 Å². The van der Waals surface area contributed by atoms with Crippen molar-refractivity contribution < 1.29 is 9.53 Å². The summed E-state index contributed by atoms with van der Waals surface area (Å²) in [4.78, 5) is 14.4. The minimum Gasteiger partial charge on any atom is -0.368 e. The average molecular weight is 268 g/mol. The quantitative estimate of drug-likeness (QED) is 0.845. The molecule has 4 nitrogen and oxygen atoms in total. The first-order valence-corrected chi connectivity index (χ1v) is 7.86. The van der Waals surface area contributed by atoms with Gasteiger partial charge in [-0.25, -0.2) is 0 Å². The van der Waals surface area contributed by atoms with Gasteiger partial charge in [0.25, 0.3) is 5.91 Å². The Bertz CT molecular complexity index is 290. The Hall–Kier alpha value is -0.610. The predicted octanol–water partition coefficient (Wildman–Crippen LogP) is 1.79. The summed E-state index contributed by atoms with van der Waals surface area (Å²) in [6, 6.07) is 0.566. The Morgan fingerprint density at radius 2 is 2.21 bits per heavy atom. The van der Waals surface area contributed by atoms with Crippen molar-refractivity contribution in [3.8, 4) is 0 Å². The molecular weight excluding hydrogens is 240 g/mol. The maximum absolute atomic E-state index is 12.4. The molecule has 4 heteroatoms. The van der Waals surface area contributed by atoms with Crippen LogP contribution in [-0.4, -0.2) is 49.2 Å². The van der Waals surface area contributed by atoms with Crippen LogP contribution < -0.4 is 5.32 Å². The van der Waals surface area contributed by atoms with E-state index < -0.39 is 0 Å². The van der Waals surface area contributed by atoms with E-state index in [-0.39, 0.29) is 12.0 Å². The van der Waals surface area contributed by atoms with Crippen molar-refractivity contribution in [3.05, 3.63) is 0 Å². The third-order valence-electron chi connectivity index (χ3n) is 4.33. The number of hydrogen-bond acceptors (Lipinski definition) is 3. The lowest BCUT2D eigenvalue weighted by atomic mass is 9.93. The van der Waals surface area contributed by atoms with Crippen LogP contribution in [0.3, 0.4) is 0 Å². The van der Waals surface area contributed by atoms with E-state index in [1.807, 2.05) is 4.90 Å². The van der Waals surface area contributed by atoms with Gasteiger partial charge in [-0.3, -0.25) is 4.79 Å². The topological polar surface area (TPSA) is 41.6 Å². The number of amides is 1. The zero-order chi connectivity index (χ0) is 13.7. The minimum atomic E-state index is -0.166. The van der Waals surface area contributed by atoms with Gasteiger partial charge in [0.2, 0.25) is 0 Å². The number of ether oxygens (including phenoxy) is 1. The van der Waals surface area contributed by atoms with Crippen molar-refractivity contribution in [3.63, 3.8) is 0 Å². The van der Waals surface area contributed by atoms with E-state index in [1.165, 1.54) is 6.42 Å². The molecule has 0 aromatic carbocycles. The molecule has 2 fully saturated rings. The molecule has 1 N–H and O–H groups in total. The molecule has 1 amide bonds. The van der Waals surface area contributed by atoms with Crippen molar-refractivity contribution >= 4 is 5.91 Å². The van der Waals surface area contributed by atoms with Crippen LogP contribution in [0.25, 0.3) is 0 Å². The van der Waals surface area contributed by atoms with Gasteiger partial charge in [-0.2, -0.15) is 0 Å². The van der Waals surface area contributed by atoms with Crippen LogP contribution in [0, 0.1) is 5.92 Å². The van der Waals surface area contributed by atoms with Crippen LogP contribution in [0.15, 0.2) is 0 Å². The summed E-state index contributed by atoms with van der Waals surface area (Å²) in [5.74, 6) is 0.758. The van der Waals surface area contributed by atoms with Gasteiger partial charge in [0.1, 0.15) is 6.10 Å². The molecule has 2 saturated heterocycles. The first-order chi connectivity index (χ1) is 9.22. The highest BCUT2D eigenvalue weighted by Crippen LogP contribution is 2.21. The van der Waals surface area contributed by atoms with Crippen molar-refractivity contribution in [1.82, 2.24) is 10.2 Å². The van der Waals surface area contributed by atoms with E-state index in [4.69, 9.17) is 4.74 Å². The molecule has 0 saturated carbocycles. The molecule has 110 valence electrons. The summed E-state index contributed by atoms with van der Waals surface area (Å²) in [6.07, 6.45) is 5.20. The molecule has 0 radical (unpaired) electrons. The summed E-state index contributed by atoms with van der Waals surface area (Å²) in [7, 11) is 0. The Balaban J connectivity index is 1.81. The monoisotopic (exact) mass is 268 g/mol. The molecule has 0 aromatic rings. The van der Waals surface area contributed by atoms with Gasteiger partial charge in [0, 0.05) is 25.7 Å². The predicted molar refractivity (Wildman–Crippen MR) is 76.0 cm³/mol. The van der Waals surface area contributed by atoms with E-state index in [9.17, 15) is 4.79 Å². The SMILES string of the molecule is CCCNC1CCN(C(=O)C2CCCCO2)CC1C. The number of hydrogen-bond donors (Lipinski definition) is 1. The summed E-state index contributed by atoms with van der Waals surface area (Å²) in [5.41, 5.74) is 0. The lowest BCUT2D eigenvalue weighted by molar-refractivity contribution is -0.148. The Morgan fingerprint density at radius 3 is 2.84 bits per heavy atom. The fraction of sp³-hybridized carbons (Fsp3) is 0.933. The molecule has 19 heavy (non-hydrogen) atoms. The molecule has 3 unspecified atom stereocenters. The normalized spacial score (nSPS) is 32.3. The number of carbonyl (C=O) groups is 1. The number of rotatable bonds is 4. The number of piperidine rings is 1. The van der Waals surface area contributed by atoms with Gasteiger partial charge >= 0.3 is 0 Å².